The van der Waals surface area contributed by atoms with E-state index in [1.54, 1.807) is 0 Å². The maximum absolute atomic E-state index is 11.6. The fraction of sp³-hybridized carbons (Fsp3) is 0.769. The first-order chi connectivity index (χ1) is 11.3. The third kappa shape index (κ3) is 14.4. The van der Waals surface area contributed by atoms with Crippen LogP contribution in [0, 0.1) is 0 Å². The first-order valence-corrected chi connectivity index (χ1v) is 7.52. The monoisotopic (exact) mass is 374 g/mol. The molecular weight excluding hydrogens is 350 g/mol. The van der Waals surface area contributed by atoms with Gasteiger partial charge in [0, 0.05) is 0 Å². The van der Waals surface area contributed by atoms with Crippen LogP contribution in [0.5, 0.6) is 0 Å². The Morgan fingerprint density at radius 2 is 1.44 bits per heavy atom. The Hall–Kier alpha value is -1.66. The summed E-state index contributed by atoms with van der Waals surface area (Å²) in [4.78, 5) is 31.7. The van der Waals surface area contributed by atoms with E-state index in [-0.39, 0.29) is 0 Å². The van der Waals surface area contributed by atoms with Gasteiger partial charge in [0.25, 0.3) is 0 Å². The van der Waals surface area contributed by atoms with Gasteiger partial charge in [-0.2, -0.15) is 13.2 Å². The predicted octanol–water partition coefficient (Wildman–Crippen LogP) is 0.404. The van der Waals surface area contributed by atoms with Gasteiger partial charge in [-0.1, -0.05) is 0 Å². The second-order valence-corrected chi connectivity index (χ2v) is 5.18. The molecular formula is C13H24BF3NO7+. The van der Waals surface area contributed by atoms with E-state index in [4.69, 9.17) is 10.0 Å². The minimum atomic E-state index is -4.61. The number of esters is 2. The molecule has 0 aromatic rings. The minimum absolute atomic E-state index is 1.15. The highest BCUT2D eigenvalue weighted by Crippen LogP contribution is 2.21. The van der Waals surface area contributed by atoms with E-state index in [1.165, 1.54) is 24.1 Å². The largest absolute Gasteiger partial charge is 0.709 e. The summed E-state index contributed by atoms with van der Waals surface area (Å²) in [7, 11) is -0.305. The molecule has 0 atom stereocenters. The van der Waals surface area contributed by atoms with Gasteiger partial charge in [-0.15, -0.1) is 0 Å². The van der Waals surface area contributed by atoms with Crippen molar-refractivity contribution in [2.75, 3.05) is 26.7 Å². The lowest BCUT2D eigenvalue weighted by Crippen LogP contribution is -2.42. The summed E-state index contributed by atoms with van der Waals surface area (Å²) in [5.74, 6) is -5.44. The molecule has 0 radical (unpaired) electrons. The minimum Gasteiger partial charge on any atom is -0.476 e. The van der Waals surface area contributed by atoms with Crippen LogP contribution >= 0.6 is 0 Å². The molecule has 0 aromatic carbocycles. The maximum atomic E-state index is 11.6. The van der Waals surface area contributed by atoms with E-state index < -0.39 is 44.2 Å². The third-order valence-electron chi connectivity index (χ3n) is 3.49. The number of ether oxygens (including phenoxy) is 1. The van der Waals surface area contributed by atoms with E-state index in [2.05, 4.69) is 37.2 Å². The molecule has 0 aliphatic carbocycles. The van der Waals surface area contributed by atoms with Crippen molar-refractivity contribution >= 4 is 25.2 Å². The molecule has 0 amide bonds. The number of quaternary nitrogens is 1. The van der Waals surface area contributed by atoms with Gasteiger partial charge in [0.05, 0.1) is 39.5 Å². The summed E-state index contributed by atoms with van der Waals surface area (Å²) in [6.45, 7) is 10.5. The van der Waals surface area contributed by atoms with Crippen LogP contribution in [0.4, 0.5) is 13.2 Å². The topological polar surface area (TPSA) is 110 Å². The number of nitrogens with zero attached hydrogens (tertiary/aromatic N) is 1. The number of halogens is 3. The Morgan fingerprint density at radius 1 is 1.00 bits per heavy atom. The van der Waals surface area contributed by atoms with Gasteiger partial charge >= 0.3 is 31.4 Å². The fourth-order valence-electron chi connectivity index (χ4n) is 1.25. The van der Waals surface area contributed by atoms with Crippen LogP contribution in [0.25, 0.3) is 0 Å². The zero-order valence-corrected chi connectivity index (χ0v) is 14.6. The molecule has 0 aliphatic rings. The van der Waals surface area contributed by atoms with Gasteiger partial charge in [-0.05, 0) is 20.8 Å². The molecule has 0 aliphatic heterocycles. The molecule has 0 saturated carbocycles. The Labute approximate surface area is 144 Å². The van der Waals surface area contributed by atoms with Crippen LogP contribution in [0.1, 0.15) is 33.6 Å². The smallest absolute Gasteiger partial charge is 0.476 e. The molecule has 12 heteroatoms. The van der Waals surface area contributed by atoms with Gasteiger partial charge in [0.2, 0.25) is 0 Å². The highest BCUT2D eigenvalue weighted by Gasteiger charge is 2.31. The van der Waals surface area contributed by atoms with Crippen molar-refractivity contribution in [3.63, 3.8) is 0 Å². The summed E-state index contributed by atoms with van der Waals surface area (Å²) in [6.07, 6.45) is -7.27. The average molecular weight is 374 g/mol. The van der Waals surface area contributed by atoms with E-state index in [0.29, 0.717) is 0 Å². The number of carbonyl (C=O) groups excluding carboxylic acids is 3. The van der Waals surface area contributed by atoms with Crippen LogP contribution in [0.2, 0.25) is 0 Å². The van der Waals surface area contributed by atoms with E-state index in [9.17, 15) is 27.6 Å². The molecule has 0 bridgehead atoms. The van der Waals surface area contributed by atoms with E-state index in [0.717, 1.165) is 0 Å². The first-order valence-electron chi connectivity index (χ1n) is 7.52. The summed E-state index contributed by atoms with van der Waals surface area (Å²) < 4.78 is 43.2. The maximum Gasteiger partial charge on any atom is 0.709 e. The zero-order chi connectivity index (χ0) is 20.3. The zero-order valence-electron chi connectivity index (χ0n) is 14.6. The van der Waals surface area contributed by atoms with Gasteiger partial charge in [-0.25, -0.2) is 9.59 Å². The second kappa shape index (κ2) is 11.8. The first kappa shape index (κ1) is 25.6. The van der Waals surface area contributed by atoms with Crippen LogP contribution in [-0.4, -0.2) is 72.6 Å². The molecule has 2 N–H and O–H groups in total. The quantitative estimate of drug-likeness (QED) is 0.228. The van der Waals surface area contributed by atoms with Crippen LogP contribution in [-0.2, 0) is 23.8 Å². The lowest BCUT2D eigenvalue weighted by Gasteiger charge is -2.30. The highest BCUT2D eigenvalue weighted by atomic mass is 19.4. The van der Waals surface area contributed by atoms with Crippen molar-refractivity contribution < 1.29 is 51.5 Å². The standard InChI is InChI=1S/C7H18N.C6H6BF3O7/c1-5-8(4,6-2)7-3;8-6(9,10)2-1-3(11)16-4(12)5(13)17-7(14)15/h5-7H2,1-4H3;14-15H,1-2H2/q+1;. The number of alkyl halides is 3. The van der Waals surface area contributed by atoms with Crippen molar-refractivity contribution in [3.05, 3.63) is 0 Å². The van der Waals surface area contributed by atoms with Crippen molar-refractivity contribution in [1.29, 1.82) is 0 Å². The van der Waals surface area contributed by atoms with Crippen molar-refractivity contribution in [2.24, 2.45) is 0 Å². The number of carbonyl (C=O) groups is 3. The third-order valence-corrected chi connectivity index (χ3v) is 3.49. The molecule has 0 heterocycles. The summed E-state index contributed by atoms with van der Waals surface area (Å²) in [5, 5.41) is 16.2. The summed E-state index contributed by atoms with van der Waals surface area (Å²) in [6, 6.07) is 0. The fourth-order valence-corrected chi connectivity index (χ4v) is 1.25. The average Bonchev–Trinajstić information content (AvgIpc) is 2.51. The van der Waals surface area contributed by atoms with Crippen molar-refractivity contribution in [2.45, 2.75) is 39.8 Å². The Kier molecular flexibility index (Phi) is 12.1. The Bertz CT molecular complexity index is 432. The van der Waals surface area contributed by atoms with Crippen molar-refractivity contribution in [3.8, 4) is 0 Å². The SMILES string of the molecule is CC[N+](C)(CC)CC.O=C(CCC(F)(F)F)OC(=O)C(=O)OB(O)O. The normalized spacial score (nSPS) is 11.1. The molecule has 0 aromatic heterocycles. The van der Waals surface area contributed by atoms with Crippen molar-refractivity contribution in [1.82, 2.24) is 0 Å². The van der Waals surface area contributed by atoms with Gasteiger partial charge in [0.15, 0.2) is 0 Å². The number of rotatable bonds is 6. The Balaban J connectivity index is 0. The molecule has 0 fully saturated rings. The highest BCUT2D eigenvalue weighted by molar-refractivity contribution is 6.43. The van der Waals surface area contributed by atoms with E-state index >= 15 is 0 Å². The van der Waals surface area contributed by atoms with Gasteiger partial charge in [0.1, 0.15) is 0 Å². The molecule has 0 saturated heterocycles. The Morgan fingerprint density at radius 3 is 1.72 bits per heavy atom. The lowest BCUT2D eigenvalue weighted by atomic mass is 10.3. The molecule has 0 spiro atoms. The molecule has 146 valence electrons. The van der Waals surface area contributed by atoms with Crippen LogP contribution < -0.4 is 0 Å². The molecule has 0 rings (SSSR count). The molecule has 8 nitrogen and oxygen atoms in total. The summed E-state index contributed by atoms with van der Waals surface area (Å²) >= 11 is 0. The molecule has 25 heavy (non-hydrogen) atoms. The van der Waals surface area contributed by atoms with Gasteiger partial charge in [-0.3, -0.25) is 4.79 Å². The number of hydrogen-bond donors (Lipinski definition) is 2. The summed E-state index contributed by atoms with van der Waals surface area (Å²) in [5.41, 5.74) is 0. The van der Waals surface area contributed by atoms with E-state index in [1.807, 2.05) is 0 Å². The van der Waals surface area contributed by atoms with Crippen LogP contribution in [0.15, 0.2) is 0 Å². The number of hydrogen-bond acceptors (Lipinski definition) is 7. The van der Waals surface area contributed by atoms with Crippen LogP contribution in [0.3, 0.4) is 0 Å². The lowest BCUT2D eigenvalue weighted by molar-refractivity contribution is -0.904. The molecule has 0 unspecified atom stereocenters. The van der Waals surface area contributed by atoms with Gasteiger partial charge < -0.3 is 23.9 Å². The second-order valence-electron chi connectivity index (χ2n) is 5.18. The predicted molar refractivity (Wildman–Crippen MR) is 80.5 cm³/mol.